The molecule has 19 heavy (non-hydrogen) atoms. The third kappa shape index (κ3) is 4.06. The van der Waals surface area contributed by atoms with Crippen LogP contribution in [0.25, 0.3) is 0 Å². The smallest absolute Gasteiger partial charge is 0.217 e. The number of carbonyl (C=O) groups excluding carboxylic acids is 1. The predicted octanol–water partition coefficient (Wildman–Crippen LogP) is 2.49. The second kappa shape index (κ2) is 6.71. The van der Waals surface area contributed by atoms with Gasteiger partial charge >= 0.3 is 0 Å². The average molecular weight is 260 g/mol. The molecule has 0 heterocycles. The van der Waals surface area contributed by atoms with Crippen LogP contribution in [0.5, 0.6) is 0 Å². The molecule has 0 radical (unpaired) electrons. The van der Waals surface area contributed by atoms with E-state index in [9.17, 15) is 4.79 Å². The molecule has 0 unspecified atom stereocenters. The summed E-state index contributed by atoms with van der Waals surface area (Å²) in [4.78, 5) is 10.6. The van der Waals surface area contributed by atoms with Crippen LogP contribution in [0.1, 0.15) is 49.1 Å². The van der Waals surface area contributed by atoms with E-state index in [1.807, 2.05) is 0 Å². The Labute approximate surface area is 115 Å². The van der Waals surface area contributed by atoms with Gasteiger partial charge in [0.05, 0.1) is 0 Å². The highest BCUT2D eigenvalue weighted by molar-refractivity contribution is 5.73. The van der Waals surface area contributed by atoms with Crippen molar-refractivity contribution in [3.05, 3.63) is 35.4 Å². The molecule has 3 N–H and O–H groups in total. The number of carbonyl (C=O) groups is 1. The third-order valence-electron chi connectivity index (χ3n) is 4.05. The average Bonchev–Trinajstić information content (AvgIpc) is 2.32. The normalized spacial score (nSPS) is 21.9. The lowest BCUT2D eigenvalue weighted by molar-refractivity contribution is -0.118. The topological polar surface area (TPSA) is 55.1 Å². The van der Waals surface area contributed by atoms with Crippen LogP contribution in [-0.2, 0) is 4.79 Å². The molecule has 2 rings (SSSR count). The minimum atomic E-state index is -0.191. The van der Waals surface area contributed by atoms with Gasteiger partial charge in [0.15, 0.2) is 0 Å². The van der Waals surface area contributed by atoms with Gasteiger partial charge in [-0.05, 0) is 56.2 Å². The number of hydrogen-bond donors (Lipinski definition) is 2. The number of hydrogen-bond acceptors (Lipinski definition) is 2. The lowest BCUT2D eigenvalue weighted by Gasteiger charge is -2.37. The van der Waals surface area contributed by atoms with E-state index in [-0.39, 0.29) is 5.91 Å². The van der Waals surface area contributed by atoms with Crippen molar-refractivity contribution in [2.75, 3.05) is 6.54 Å². The Morgan fingerprint density at radius 3 is 2.74 bits per heavy atom. The Morgan fingerprint density at radius 2 is 2.05 bits per heavy atom. The Bertz CT molecular complexity index is 425. The number of aryl methyl sites for hydroxylation is 1. The second-order valence-electron chi connectivity index (χ2n) is 5.60. The summed E-state index contributed by atoms with van der Waals surface area (Å²) in [5.74, 6) is 0.535. The monoisotopic (exact) mass is 260 g/mol. The van der Waals surface area contributed by atoms with Crippen molar-refractivity contribution in [2.45, 2.75) is 51.0 Å². The van der Waals surface area contributed by atoms with Gasteiger partial charge in [0, 0.05) is 12.5 Å². The maximum atomic E-state index is 10.6. The zero-order valence-electron chi connectivity index (χ0n) is 11.7. The number of amides is 1. The highest BCUT2D eigenvalue weighted by Gasteiger charge is 2.30. The van der Waals surface area contributed by atoms with E-state index in [1.54, 1.807) is 0 Å². The maximum Gasteiger partial charge on any atom is 0.217 e. The van der Waals surface area contributed by atoms with E-state index in [1.165, 1.54) is 24.0 Å². The number of nitrogens with two attached hydrogens (primary N) is 1. The first-order valence-electron chi connectivity index (χ1n) is 7.24. The maximum absolute atomic E-state index is 10.6. The van der Waals surface area contributed by atoms with Gasteiger partial charge in [-0.3, -0.25) is 4.79 Å². The van der Waals surface area contributed by atoms with E-state index >= 15 is 0 Å². The molecule has 104 valence electrons. The quantitative estimate of drug-likeness (QED) is 0.740. The summed E-state index contributed by atoms with van der Waals surface area (Å²) >= 11 is 0. The van der Waals surface area contributed by atoms with Gasteiger partial charge in [0.2, 0.25) is 5.91 Å². The van der Waals surface area contributed by atoms with Crippen LogP contribution < -0.4 is 11.1 Å². The van der Waals surface area contributed by atoms with Gasteiger partial charge in [0.1, 0.15) is 0 Å². The van der Waals surface area contributed by atoms with Gasteiger partial charge in [-0.2, -0.15) is 0 Å². The Morgan fingerprint density at radius 1 is 1.32 bits per heavy atom. The molecule has 0 spiro atoms. The van der Waals surface area contributed by atoms with Crippen LogP contribution in [0.4, 0.5) is 0 Å². The van der Waals surface area contributed by atoms with Gasteiger partial charge in [-0.1, -0.05) is 24.3 Å². The van der Waals surface area contributed by atoms with E-state index in [0.717, 1.165) is 25.3 Å². The fraction of sp³-hybridized carbons (Fsp3) is 0.562. The van der Waals surface area contributed by atoms with Crippen LogP contribution in [0.2, 0.25) is 0 Å². The number of rotatable bonds is 7. The molecule has 3 heteroatoms. The zero-order chi connectivity index (χ0) is 13.7. The van der Waals surface area contributed by atoms with Gasteiger partial charge < -0.3 is 11.1 Å². The summed E-state index contributed by atoms with van der Waals surface area (Å²) in [5, 5.41) is 3.56. The first-order valence-corrected chi connectivity index (χ1v) is 7.24. The number of primary amides is 1. The molecule has 0 bridgehead atoms. The molecule has 1 saturated carbocycles. The minimum Gasteiger partial charge on any atom is -0.370 e. The summed E-state index contributed by atoms with van der Waals surface area (Å²) in [6, 6.07) is 9.33. The van der Waals surface area contributed by atoms with Gasteiger partial charge in [0.25, 0.3) is 0 Å². The molecule has 0 atom stereocenters. The first-order chi connectivity index (χ1) is 9.16. The van der Waals surface area contributed by atoms with Crippen LogP contribution in [-0.4, -0.2) is 18.5 Å². The van der Waals surface area contributed by atoms with Crippen molar-refractivity contribution >= 4 is 5.91 Å². The van der Waals surface area contributed by atoms with Crippen molar-refractivity contribution in [1.82, 2.24) is 5.32 Å². The molecule has 0 aromatic heterocycles. The molecule has 1 fully saturated rings. The largest absolute Gasteiger partial charge is 0.370 e. The van der Waals surface area contributed by atoms with E-state index in [2.05, 4.69) is 36.5 Å². The number of benzene rings is 1. The molecule has 3 nitrogen and oxygen atoms in total. The summed E-state index contributed by atoms with van der Waals surface area (Å²) in [7, 11) is 0. The van der Waals surface area contributed by atoms with E-state index in [0.29, 0.717) is 12.5 Å². The molecular weight excluding hydrogens is 236 g/mol. The summed E-state index contributed by atoms with van der Waals surface area (Å²) in [6.07, 6.45) is 4.92. The van der Waals surface area contributed by atoms with Crippen molar-refractivity contribution < 1.29 is 4.79 Å². The summed E-state index contributed by atoms with van der Waals surface area (Å²) in [6.45, 7) is 3.19. The highest BCUT2D eigenvalue weighted by Crippen LogP contribution is 2.38. The van der Waals surface area contributed by atoms with Crippen molar-refractivity contribution in [3.63, 3.8) is 0 Å². The lowest BCUT2D eigenvalue weighted by Crippen LogP contribution is -2.40. The third-order valence-corrected chi connectivity index (χ3v) is 4.05. The molecule has 0 aliphatic heterocycles. The minimum absolute atomic E-state index is 0.191. The molecule has 0 saturated heterocycles. The van der Waals surface area contributed by atoms with Crippen molar-refractivity contribution in [2.24, 2.45) is 5.73 Å². The summed E-state index contributed by atoms with van der Waals surface area (Å²) in [5.41, 5.74) is 8.03. The molecule has 1 aromatic rings. The molecule has 1 aliphatic carbocycles. The predicted molar refractivity (Wildman–Crippen MR) is 78.0 cm³/mol. The fourth-order valence-electron chi connectivity index (χ4n) is 2.81. The van der Waals surface area contributed by atoms with Crippen LogP contribution in [0.15, 0.2) is 24.3 Å². The van der Waals surface area contributed by atoms with Crippen molar-refractivity contribution in [3.8, 4) is 0 Å². The van der Waals surface area contributed by atoms with Crippen LogP contribution in [0.3, 0.4) is 0 Å². The molecular formula is C16H24N2O. The second-order valence-corrected chi connectivity index (χ2v) is 5.60. The standard InChI is InChI=1S/C16H24N2O/c1-12-6-2-3-7-15(12)13-10-14(11-13)18-9-5-4-8-16(17)19/h2-3,6-7,13-14,18H,4-5,8-11H2,1H3,(H2,17,19). The first kappa shape index (κ1) is 14.1. The van der Waals surface area contributed by atoms with Crippen LogP contribution in [0, 0.1) is 6.92 Å². The Kier molecular flexibility index (Phi) is 4.97. The number of nitrogens with one attached hydrogen (secondary N) is 1. The number of unbranched alkanes of at least 4 members (excludes halogenated alkanes) is 1. The molecule has 1 aliphatic rings. The SMILES string of the molecule is Cc1ccccc1C1CC(NCCCCC(N)=O)C1. The fourth-order valence-corrected chi connectivity index (χ4v) is 2.81. The van der Waals surface area contributed by atoms with Gasteiger partial charge in [-0.15, -0.1) is 0 Å². The Hall–Kier alpha value is -1.35. The molecule has 1 aromatic carbocycles. The highest BCUT2D eigenvalue weighted by atomic mass is 16.1. The lowest BCUT2D eigenvalue weighted by atomic mass is 9.74. The zero-order valence-corrected chi connectivity index (χ0v) is 11.7. The van der Waals surface area contributed by atoms with E-state index < -0.39 is 0 Å². The van der Waals surface area contributed by atoms with Crippen LogP contribution >= 0.6 is 0 Å². The molecule has 1 amide bonds. The summed E-state index contributed by atoms with van der Waals surface area (Å²) < 4.78 is 0. The van der Waals surface area contributed by atoms with Crippen molar-refractivity contribution in [1.29, 1.82) is 0 Å². The Balaban J connectivity index is 1.62. The van der Waals surface area contributed by atoms with Gasteiger partial charge in [-0.25, -0.2) is 0 Å². The van der Waals surface area contributed by atoms with E-state index in [4.69, 9.17) is 5.73 Å².